The number of aryl methyl sites for hydroxylation is 1. The number of rotatable bonds is 6. The molecule has 5 heteroatoms. The molecule has 1 unspecified atom stereocenters. The van der Waals surface area contributed by atoms with Crippen LogP contribution in [0.3, 0.4) is 0 Å². The predicted octanol–water partition coefficient (Wildman–Crippen LogP) is 0.620. The Bertz CT molecular complexity index is 457. The van der Waals surface area contributed by atoms with E-state index < -0.39 is 15.9 Å². The maximum Gasteiger partial charge on any atom is 0.155 e. The molecule has 0 spiro atoms. The molecular weight excluding hydrogens is 238 g/mol. The molecule has 1 rings (SSSR count). The summed E-state index contributed by atoms with van der Waals surface area (Å²) >= 11 is 0. The van der Waals surface area contributed by atoms with E-state index in [0.717, 1.165) is 11.1 Å². The fourth-order valence-electron chi connectivity index (χ4n) is 1.69. The minimum absolute atomic E-state index is 0.00775. The maximum atomic E-state index is 11.8. The van der Waals surface area contributed by atoms with Gasteiger partial charge in [0.1, 0.15) is 0 Å². The van der Waals surface area contributed by atoms with E-state index in [4.69, 9.17) is 10.8 Å². The van der Waals surface area contributed by atoms with E-state index in [9.17, 15) is 8.42 Å². The van der Waals surface area contributed by atoms with Gasteiger partial charge in [0.2, 0.25) is 0 Å². The second-order valence-corrected chi connectivity index (χ2v) is 6.43. The number of sulfone groups is 1. The van der Waals surface area contributed by atoms with E-state index in [-0.39, 0.29) is 18.1 Å². The van der Waals surface area contributed by atoms with Crippen molar-refractivity contribution in [3.8, 4) is 0 Å². The zero-order chi connectivity index (χ0) is 12.9. The lowest BCUT2D eigenvalue weighted by atomic mass is 10.2. The molecule has 0 fully saturated rings. The predicted molar refractivity (Wildman–Crippen MR) is 68.3 cm³/mol. The number of aliphatic hydroxyl groups is 1. The molecule has 96 valence electrons. The minimum Gasteiger partial charge on any atom is -0.396 e. The number of aliphatic hydroxyl groups excluding tert-OH is 1. The average molecular weight is 257 g/mol. The standard InChI is InChI=1S/C12H19NO3S/c1-10-3-2-4-11(7-10)8-17(15,16)9-12(13)5-6-14/h2-4,7,12,14H,5-6,8-9,13H2,1H3. The first-order valence-corrected chi connectivity index (χ1v) is 7.37. The van der Waals surface area contributed by atoms with Crippen molar-refractivity contribution in [1.29, 1.82) is 0 Å². The summed E-state index contributed by atoms with van der Waals surface area (Å²) in [6, 6.07) is 6.92. The molecular formula is C12H19NO3S. The second kappa shape index (κ2) is 6.14. The Morgan fingerprint density at radius 3 is 2.71 bits per heavy atom. The quantitative estimate of drug-likeness (QED) is 0.783. The zero-order valence-corrected chi connectivity index (χ0v) is 10.8. The third-order valence-corrected chi connectivity index (χ3v) is 4.15. The van der Waals surface area contributed by atoms with Crippen LogP contribution in [-0.2, 0) is 15.6 Å². The van der Waals surface area contributed by atoms with Crippen LogP contribution < -0.4 is 5.73 Å². The van der Waals surface area contributed by atoms with Crippen LogP contribution in [0.2, 0.25) is 0 Å². The van der Waals surface area contributed by atoms with Gasteiger partial charge >= 0.3 is 0 Å². The highest BCUT2D eigenvalue weighted by atomic mass is 32.2. The van der Waals surface area contributed by atoms with Crippen molar-refractivity contribution in [2.75, 3.05) is 12.4 Å². The Morgan fingerprint density at radius 1 is 1.41 bits per heavy atom. The van der Waals surface area contributed by atoms with E-state index in [2.05, 4.69) is 0 Å². The topological polar surface area (TPSA) is 80.4 Å². The summed E-state index contributed by atoms with van der Waals surface area (Å²) in [6.07, 6.45) is 0.313. The molecule has 0 aliphatic heterocycles. The van der Waals surface area contributed by atoms with Crippen LogP contribution in [0.4, 0.5) is 0 Å². The van der Waals surface area contributed by atoms with Crippen molar-refractivity contribution in [1.82, 2.24) is 0 Å². The molecule has 0 aliphatic carbocycles. The second-order valence-electron chi connectivity index (χ2n) is 4.32. The lowest BCUT2D eigenvalue weighted by molar-refractivity contribution is 0.279. The first kappa shape index (κ1) is 14.2. The number of nitrogens with two attached hydrogens (primary N) is 1. The van der Waals surface area contributed by atoms with Gasteiger partial charge in [0.05, 0.1) is 11.5 Å². The molecule has 1 aromatic carbocycles. The third kappa shape index (κ3) is 5.30. The molecule has 0 aliphatic rings. The highest BCUT2D eigenvalue weighted by molar-refractivity contribution is 7.90. The van der Waals surface area contributed by atoms with Crippen LogP contribution in [0.15, 0.2) is 24.3 Å². The summed E-state index contributed by atoms with van der Waals surface area (Å²) in [5.74, 6) is -0.0741. The monoisotopic (exact) mass is 257 g/mol. The van der Waals surface area contributed by atoms with Gasteiger partial charge in [0, 0.05) is 12.6 Å². The van der Waals surface area contributed by atoms with Crippen molar-refractivity contribution in [2.45, 2.75) is 25.1 Å². The summed E-state index contributed by atoms with van der Waals surface area (Å²) in [6.45, 7) is 1.84. The summed E-state index contributed by atoms with van der Waals surface area (Å²) < 4.78 is 23.7. The van der Waals surface area contributed by atoms with Gasteiger partial charge in [-0.05, 0) is 18.9 Å². The zero-order valence-electron chi connectivity index (χ0n) is 9.96. The van der Waals surface area contributed by atoms with Crippen LogP contribution >= 0.6 is 0 Å². The lowest BCUT2D eigenvalue weighted by Gasteiger charge is -2.10. The van der Waals surface area contributed by atoms with Crippen LogP contribution in [0.25, 0.3) is 0 Å². The van der Waals surface area contributed by atoms with Crippen LogP contribution in [-0.4, -0.2) is 31.9 Å². The van der Waals surface area contributed by atoms with Gasteiger partial charge in [-0.15, -0.1) is 0 Å². The van der Waals surface area contributed by atoms with Gasteiger partial charge in [0.15, 0.2) is 9.84 Å². The van der Waals surface area contributed by atoms with Crippen LogP contribution in [0.1, 0.15) is 17.5 Å². The third-order valence-electron chi connectivity index (χ3n) is 2.44. The van der Waals surface area contributed by atoms with E-state index >= 15 is 0 Å². The average Bonchev–Trinajstić information content (AvgIpc) is 2.15. The van der Waals surface area contributed by atoms with Gasteiger partial charge in [-0.25, -0.2) is 8.42 Å². The summed E-state index contributed by atoms with van der Waals surface area (Å²) in [5.41, 5.74) is 7.43. The van der Waals surface area contributed by atoms with Crippen LogP contribution in [0, 0.1) is 6.92 Å². The number of hydrogen-bond acceptors (Lipinski definition) is 4. The highest BCUT2D eigenvalue weighted by Crippen LogP contribution is 2.10. The smallest absolute Gasteiger partial charge is 0.155 e. The largest absolute Gasteiger partial charge is 0.396 e. The van der Waals surface area contributed by atoms with Crippen molar-refractivity contribution < 1.29 is 13.5 Å². The molecule has 0 radical (unpaired) electrons. The molecule has 0 heterocycles. The number of benzene rings is 1. The molecule has 0 bridgehead atoms. The molecule has 1 atom stereocenters. The van der Waals surface area contributed by atoms with Crippen molar-refractivity contribution in [3.05, 3.63) is 35.4 Å². The Balaban J connectivity index is 2.67. The van der Waals surface area contributed by atoms with Gasteiger partial charge in [-0.3, -0.25) is 0 Å². The van der Waals surface area contributed by atoms with E-state index in [1.807, 2.05) is 25.1 Å². The molecule has 0 amide bonds. The normalized spacial score (nSPS) is 13.6. The Morgan fingerprint density at radius 2 is 2.12 bits per heavy atom. The summed E-state index contributed by atoms with van der Waals surface area (Å²) in [7, 11) is -3.21. The Hall–Kier alpha value is -0.910. The molecule has 3 N–H and O–H groups in total. The maximum absolute atomic E-state index is 11.8. The molecule has 4 nitrogen and oxygen atoms in total. The first-order chi connectivity index (χ1) is 7.93. The van der Waals surface area contributed by atoms with Crippen LogP contribution in [0.5, 0.6) is 0 Å². The Labute approximate surface area is 102 Å². The lowest BCUT2D eigenvalue weighted by Crippen LogP contribution is -2.31. The molecule has 1 aromatic rings. The van der Waals surface area contributed by atoms with Gasteiger partial charge < -0.3 is 10.8 Å². The SMILES string of the molecule is Cc1cccc(CS(=O)(=O)CC(N)CCO)c1. The highest BCUT2D eigenvalue weighted by Gasteiger charge is 2.16. The van der Waals surface area contributed by atoms with Gasteiger partial charge in [-0.2, -0.15) is 0 Å². The van der Waals surface area contributed by atoms with E-state index in [0.29, 0.717) is 6.42 Å². The van der Waals surface area contributed by atoms with Crippen molar-refractivity contribution in [3.63, 3.8) is 0 Å². The molecule has 0 saturated heterocycles. The van der Waals surface area contributed by atoms with E-state index in [1.54, 1.807) is 6.07 Å². The van der Waals surface area contributed by atoms with Gasteiger partial charge in [0.25, 0.3) is 0 Å². The number of hydrogen-bond donors (Lipinski definition) is 2. The van der Waals surface area contributed by atoms with Crippen molar-refractivity contribution in [2.24, 2.45) is 5.73 Å². The fourth-order valence-corrected chi connectivity index (χ4v) is 3.31. The van der Waals surface area contributed by atoms with E-state index in [1.165, 1.54) is 0 Å². The first-order valence-electron chi connectivity index (χ1n) is 5.55. The Kier molecular flexibility index (Phi) is 5.11. The fraction of sp³-hybridized carbons (Fsp3) is 0.500. The molecule has 0 aromatic heterocycles. The summed E-state index contributed by atoms with van der Waals surface area (Å²) in [5, 5.41) is 8.68. The van der Waals surface area contributed by atoms with Gasteiger partial charge in [-0.1, -0.05) is 29.8 Å². The molecule has 17 heavy (non-hydrogen) atoms. The minimum atomic E-state index is -3.21. The molecule has 0 saturated carbocycles. The summed E-state index contributed by atoms with van der Waals surface area (Å²) in [4.78, 5) is 0. The van der Waals surface area contributed by atoms with Crippen molar-refractivity contribution >= 4 is 9.84 Å².